The zero-order chi connectivity index (χ0) is 12.5. The molecule has 1 aliphatic heterocycles. The monoisotopic (exact) mass is 243 g/mol. The number of carbonyl (C=O) groups is 2. The fourth-order valence-electron chi connectivity index (χ4n) is 2.28. The Hall–Kier alpha value is -2.17. The summed E-state index contributed by atoms with van der Waals surface area (Å²) in [7, 11) is 0. The normalized spacial score (nSPS) is 16.2. The van der Waals surface area contributed by atoms with Gasteiger partial charge in [-0.1, -0.05) is 6.07 Å². The van der Waals surface area contributed by atoms with Crippen LogP contribution in [0.2, 0.25) is 0 Å². The van der Waals surface area contributed by atoms with Crippen LogP contribution in [0.25, 0.3) is 5.52 Å². The molecule has 1 aliphatic rings. The van der Waals surface area contributed by atoms with Crippen molar-refractivity contribution in [1.82, 2.24) is 14.5 Å². The summed E-state index contributed by atoms with van der Waals surface area (Å²) in [5, 5.41) is 4.14. The average molecular weight is 243 g/mol. The van der Waals surface area contributed by atoms with Gasteiger partial charge in [0.1, 0.15) is 0 Å². The minimum Gasteiger partial charge on any atom is -0.331 e. The van der Waals surface area contributed by atoms with Gasteiger partial charge in [0.05, 0.1) is 23.8 Å². The van der Waals surface area contributed by atoms with Crippen molar-refractivity contribution in [2.75, 3.05) is 13.1 Å². The van der Waals surface area contributed by atoms with Gasteiger partial charge in [0.25, 0.3) is 5.91 Å². The third kappa shape index (κ3) is 1.77. The van der Waals surface area contributed by atoms with Crippen molar-refractivity contribution in [3.8, 4) is 0 Å². The summed E-state index contributed by atoms with van der Waals surface area (Å²) in [6.07, 6.45) is 4.70. The highest BCUT2D eigenvalue weighted by molar-refractivity contribution is 6.02. The van der Waals surface area contributed by atoms with Crippen LogP contribution in [-0.4, -0.2) is 39.3 Å². The Balaban J connectivity index is 1.94. The molecule has 0 radical (unpaired) electrons. The van der Waals surface area contributed by atoms with E-state index < -0.39 is 0 Å². The summed E-state index contributed by atoms with van der Waals surface area (Å²) in [5.74, 6) is 0.0234. The van der Waals surface area contributed by atoms with Crippen LogP contribution in [0, 0.1) is 0 Å². The number of likely N-dealkylation sites (tertiary alicyclic amines) is 1. The number of nitrogens with zero attached hydrogens (tertiary/aromatic N) is 3. The van der Waals surface area contributed by atoms with E-state index in [2.05, 4.69) is 5.10 Å². The van der Waals surface area contributed by atoms with Gasteiger partial charge in [0, 0.05) is 19.2 Å². The van der Waals surface area contributed by atoms with E-state index in [-0.39, 0.29) is 18.2 Å². The van der Waals surface area contributed by atoms with Gasteiger partial charge >= 0.3 is 0 Å². The maximum atomic E-state index is 12.3. The Morgan fingerprint density at radius 2 is 2.22 bits per heavy atom. The van der Waals surface area contributed by atoms with E-state index in [4.69, 9.17) is 0 Å². The molecule has 5 heteroatoms. The van der Waals surface area contributed by atoms with Gasteiger partial charge in [-0.2, -0.15) is 5.10 Å². The lowest BCUT2D eigenvalue weighted by Gasteiger charge is -2.25. The first-order valence-electron chi connectivity index (χ1n) is 5.99. The van der Waals surface area contributed by atoms with Gasteiger partial charge in [-0.3, -0.25) is 9.59 Å². The molecule has 0 bridgehead atoms. The summed E-state index contributed by atoms with van der Waals surface area (Å²) < 4.78 is 1.67. The number of Topliss-reactive ketones (excluding diaryl/α,β-unsaturated/α-hetero) is 1. The number of carbonyl (C=O) groups excluding carboxylic acids is 2. The minimum absolute atomic E-state index is 0.107. The van der Waals surface area contributed by atoms with Gasteiger partial charge in [0.15, 0.2) is 5.78 Å². The second-order valence-corrected chi connectivity index (χ2v) is 4.46. The van der Waals surface area contributed by atoms with Gasteiger partial charge in [-0.15, -0.1) is 0 Å². The second kappa shape index (κ2) is 4.25. The number of piperidine rings is 1. The molecule has 0 saturated carbocycles. The van der Waals surface area contributed by atoms with E-state index in [1.54, 1.807) is 21.8 Å². The molecule has 18 heavy (non-hydrogen) atoms. The Labute approximate surface area is 104 Å². The van der Waals surface area contributed by atoms with Crippen molar-refractivity contribution in [3.05, 3.63) is 36.2 Å². The first-order chi connectivity index (χ1) is 8.75. The molecular weight excluding hydrogens is 230 g/mol. The van der Waals surface area contributed by atoms with E-state index in [1.807, 2.05) is 18.2 Å². The number of amides is 1. The molecule has 0 spiro atoms. The summed E-state index contributed by atoms with van der Waals surface area (Å²) in [6, 6.07) is 5.58. The number of rotatable bonds is 1. The molecule has 0 aromatic carbocycles. The number of aromatic nitrogens is 2. The predicted molar refractivity (Wildman–Crippen MR) is 65.3 cm³/mol. The molecule has 92 valence electrons. The molecular formula is C13H13N3O2. The quantitative estimate of drug-likeness (QED) is 0.754. The van der Waals surface area contributed by atoms with Crippen LogP contribution in [-0.2, 0) is 4.79 Å². The molecule has 5 nitrogen and oxygen atoms in total. The maximum Gasteiger partial charge on any atom is 0.258 e. The van der Waals surface area contributed by atoms with Crippen LogP contribution < -0.4 is 0 Å². The molecule has 0 aliphatic carbocycles. The first kappa shape index (κ1) is 11.0. The highest BCUT2D eigenvalue weighted by Crippen LogP contribution is 2.15. The van der Waals surface area contributed by atoms with Crippen LogP contribution in [0.4, 0.5) is 0 Å². The smallest absolute Gasteiger partial charge is 0.258 e. The van der Waals surface area contributed by atoms with Crippen molar-refractivity contribution < 1.29 is 9.59 Å². The van der Waals surface area contributed by atoms with Crippen LogP contribution in [0.1, 0.15) is 23.2 Å². The minimum atomic E-state index is -0.107. The molecule has 0 unspecified atom stereocenters. The number of pyridine rings is 1. The third-order valence-electron chi connectivity index (χ3n) is 3.19. The number of hydrogen-bond acceptors (Lipinski definition) is 3. The Kier molecular flexibility index (Phi) is 2.59. The van der Waals surface area contributed by atoms with Crippen molar-refractivity contribution in [3.63, 3.8) is 0 Å². The zero-order valence-corrected chi connectivity index (χ0v) is 9.87. The molecule has 3 heterocycles. The molecule has 0 N–H and O–H groups in total. The van der Waals surface area contributed by atoms with Crippen molar-refractivity contribution in [2.24, 2.45) is 0 Å². The Morgan fingerprint density at radius 3 is 3.06 bits per heavy atom. The zero-order valence-electron chi connectivity index (χ0n) is 9.87. The number of hydrogen-bond donors (Lipinski definition) is 0. The van der Waals surface area contributed by atoms with Crippen molar-refractivity contribution >= 4 is 17.2 Å². The van der Waals surface area contributed by atoms with Gasteiger partial charge in [-0.25, -0.2) is 4.52 Å². The van der Waals surface area contributed by atoms with Gasteiger partial charge in [0.2, 0.25) is 0 Å². The topological polar surface area (TPSA) is 54.7 Å². The van der Waals surface area contributed by atoms with E-state index in [9.17, 15) is 9.59 Å². The van der Waals surface area contributed by atoms with E-state index in [0.29, 0.717) is 18.5 Å². The molecule has 1 amide bonds. The molecule has 0 atom stereocenters. The van der Waals surface area contributed by atoms with Gasteiger partial charge < -0.3 is 4.90 Å². The highest BCUT2D eigenvalue weighted by Gasteiger charge is 2.24. The fourth-order valence-corrected chi connectivity index (χ4v) is 2.28. The lowest BCUT2D eigenvalue weighted by atomic mass is 10.1. The summed E-state index contributed by atoms with van der Waals surface area (Å²) in [4.78, 5) is 25.3. The average Bonchev–Trinajstić information content (AvgIpc) is 2.82. The number of fused-ring (bicyclic) bond motifs is 1. The van der Waals surface area contributed by atoms with Crippen LogP contribution in [0.5, 0.6) is 0 Å². The summed E-state index contributed by atoms with van der Waals surface area (Å²) >= 11 is 0. The number of ketones is 1. The van der Waals surface area contributed by atoms with E-state index in [0.717, 1.165) is 11.9 Å². The third-order valence-corrected chi connectivity index (χ3v) is 3.19. The summed E-state index contributed by atoms with van der Waals surface area (Å²) in [6.45, 7) is 0.873. The van der Waals surface area contributed by atoms with Crippen molar-refractivity contribution in [2.45, 2.75) is 12.8 Å². The second-order valence-electron chi connectivity index (χ2n) is 4.46. The largest absolute Gasteiger partial charge is 0.331 e. The Bertz CT molecular complexity index is 617. The van der Waals surface area contributed by atoms with E-state index in [1.165, 1.54) is 0 Å². The predicted octanol–water partition coefficient (Wildman–Crippen LogP) is 1.14. The van der Waals surface area contributed by atoms with Gasteiger partial charge in [-0.05, 0) is 18.6 Å². The molecule has 2 aromatic heterocycles. The molecule has 1 fully saturated rings. The van der Waals surface area contributed by atoms with Crippen LogP contribution >= 0.6 is 0 Å². The van der Waals surface area contributed by atoms with Crippen LogP contribution in [0.15, 0.2) is 30.6 Å². The molecule has 1 saturated heterocycles. The molecule has 3 rings (SSSR count). The lowest BCUT2D eigenvalue weighted by molar-refractivity contribution is -0.121. The fraction of sp³-hybridized carbons (Fsp3) is 0.308. The van der Waals surface area contributed by atoms with E-state index >= 15 is 0 Å². The highest BCUT2D eigenvalue weighted by atomic mass is 16.2. The summed E-state index contributed by atoms with van der Waals surface area (Å²) in [5.41, 5.74) is 1.34. The Morgan fingerprint density at radius 1 is 1.33 bits per heavy atom. The van der Waals surface area contributed by atoms with Crippen molar-refractivity contribution in [1.29, 1.82) is 0 Å². The maximum absolute atomic E-state index is 12.3. The SMILES string of the molecule is O=C1CCCN(C(=O)c2cnn3ccccc23)C1. The lowest BCUT2D eigenvalue weighted by Crippen LogP contribution is -2.40. The van der Waals surface area contributed by atoms with Crippen LogP contribution in [0.3, 0.4) is 0 Å². The standard InChI is InChI=1S/C13H13N3O2/c17-10-4-3-6-15(9-10)13(18)11-8-14-16-7-2-1-5-12(11)16/h1-2,5,7-8H,3-4,6,9H2. The molecule has 2 aromatic rings. The first-order valence-corrected chi connectivity index (χ1v) is 5.99.